The molecule has 210 valence electrons. The highest BCUT2D eigenvalue weighted by Crippen LogP contribution is 2.35. The monoisotopic (exact) mass is 559 g/mol. The average Bonchev–Trinajstić information content (AvgIpc) is 3.41. The predicted octanol–water partition coefficient (Wildman–Crippen LogP) is 5.61. The van der Waals surface area contributed by atoms with E-state index in [1.807, 2.05) is 12.1 Å². The van der Waals surface area contributed by atoms with Gasteiger partial charge in [0.15, 0.2) is 0 Å². The van der Waals surface area contributed by atoms with Crippen molar-refractivity contribution in [3.05, 3.63) is 47.5 Å². The van der Waals surface area contributed by atoms with Gasteiger partial charge in [0.05, 0.1) is 34.9 Å². The number of nitrogens with one attached hydrogen (secondary N) is 3. The summed E-state index contributed by atoms with van der Waals surface area (Å²) in [7, 11) is 0. The minimum absolute atomic E-state index is 0.0262. The molecule has 2 aliphatic rings. The van der Waals surface area contributed by atoms with E-state index in [2.05, 4.69) is 25.9 Å². The van der Waals surface area contributed by atoms with Gasteiger partial charge in [0.2, 0.25) is 0 Å². The fourth-order valence-corrected chi connectivity index (χ4v) is 4.27. The molecule has 2 fully saturated rings. The molecule has 4 N–H and O–H groups in total. The van der Waals surface area contributed by atoms with Crippen LogP contribution in [0.2, 0.25) is 5.02 Å². The van der Waals surface area contributed by atoms with Gasteiger partial charge in [-0.1, -0.05) is 11.6 Å². The fourth-order valence-electron chi connectivity index (χ4n) is 4.08. The molecule has 0 amide bonds. The first-order valence-corrected chi connectivity index (χ1v) is 13.4. The second-order valence-electron chi connectivity index (χ2n) is 10.7. The topological polar surface area (TPSA) is 118 Å². The van der Waals surface area contributed by atoms with Gasteiger partial charge in [-0.25, -0.2) is 14.4 Å². The lowest BCUT2D eigenvalue weighted by Gasteiger charge is -2.27. The summed E-state index contributed by atoms with van der Waals surface area (Å²) in [5.74, 6) is 0.147. The van der Waals surface area contributed by atoms with Crippen LogP contribution < -0.4 is 20.7 Å². The third kappa shape index (κ3) is 7.90. The smallest absolute Gasteiger partial charge is 0.308 e. The molecule has 3 aromatic rings. The fraction of sp³-hybridized carbons (Fsp3) is 0.464. The van der Waals surface area contributed by atoms with Crippen LogP contribution in [0.5, 0.6) is 5.75 Å². The Morgan fingerprint density at radius 2 is 2.03 bits per heavy atom. The van der Waals surface area contributed by atoms with Gasteiger partial charge in [-0.05, 0) is 64.4 Å². The number of fused-ring (bicyclic) bond motifs is 1. The Hall–Kier alpha value is -3.21. The molecular formula is C28H35ClFN5O4. The van der Waals surface area contributed by atoms with E-state index in [0.29, 0.717) is 30.8 Å². The summed E-state index contributed by atoms with van der Waals surface area (Å²) >= 11 is 5.94. The number of carbonyl (C=O) groups is 1. The maximum atomic E-state index is 13.6. The van der Waals surface area contributed by atoms with Crippen LogP contribution in [-0.2, 0) is 9.53 Å². The minimum Gasteiger partial charge on any atom is -0.486 e. The van der Waals surface area contributed by atoms with Gasteiger partial charge in [-0.15, -0.1) is 0 Å². The van der Waals surface area contributed by atoms with Crippen molar-refractivity contribution in [3.8, 4) is 5.75 Å². The molecule has 2 aromatic carbocycles. The number of nitrogens with zero attached hydrogens (tertiary/aromatic N) is 2. The molecule has 39 heavy (non-hydrogen) atoms. The van der Waals surface area contributed by atoms with Crippen LogP contribution in [-0.4, -0.2) is 59.5 Å². The van der Waals surface area contributed by atoms with E-state index >= 15 is 0 Å². The van der Waals surface area contributed by atoms with Gasteiger partial charge in [0.25, 0.3) is 0 Å². The Labute approximate surface area is 232 Å². The highest BCUT2D eigenvalue weighted by atomic mass is 35.5. The molecule has 2 aliphatic heterocycles. The highest BCUT2D eigenvalue weighted by Gasteiger charge is 2.22. The molecule has 0 bridgehead atoms. The van der Waals surface area contributed by atoms with Gasteiger partial charge in [0.1, 0.15) is 29.8 Å². The van der Waals surface area contributed by atoms with E-state index in [1.165, 1.54) is 18.5 Å². The van der Waals surface area contributed by atoms with E-state index in [0.717, 1.165) is 54.7 Å². The molecule has 0 radical (unpaired) electrons. The highest BCUT2D eigenvalue weighted by molar-refractivity contribution is 6.31. The summed E-state index contributed by atoms with van der Waals surface area (Å²) in [4.78, 5) is 18.9. The van der Waals surface area contributed by atoms with Crippen LogP contribution >= 0.6 is 11.6 Å². The largest absolute Gasteiger partial charge is 0.486 e. The Bertz CT molecular complexity index is 1290. The number of hydrogen-bond acceptors (Lipinski definition) is 8. The minimum atomic E-state index is -0.757. The number of benzene rings is 2. The zero-order valence-electron chi connectivity index (χ0n) is 22.4. The molecule has 5 rings (SSSR count). The molecule has 1 aromatic heterocycles. The zero-order chi connectivity index (χ0) is 28.0. The first kappa shape index (κ1) is 28.8. The lowest BCUT2D eigenvalue weighted by atomic mass is 9.98. The van der Waals surface area contributed by atoms with E-state index in [9.17, 15) is 9.18 Å². The predicted molar refractivity (Wildman–Crippen MR) is 151 cm³/mol. The summed E-state index contributed by atoms with van der Waals surface area (Å²) in [5.41, 5.74) is 1.70. The number of hydrogen-bond donors (Lipinski definition) is 4. The number of anilines is 3. The molecule has 2 atom stereocenters. The summed E-state index contributed by atoms with van der Waals surface area (Å²) in [6.45, 7) is 8.23. The number of piperidine rings is 1. The van der Waals surface area contributed by atoms with Crippen molar-refractivity contribution in [3.63, 3.8) is 0 Å². The van der Waals surface area contributed by atoms with Crippen molar-refractivity contribution in [2.45, 2.75) is 52.2 Å². The Morgan fingerprint density at radius 1 is 1.23 bits per heavy atom. The first-order chi connectivity index (χ1) is 18.6. The first-order valence-electron chi connectivity index (χ1n) is 13.1. The standard InChI is InChI=1S/C23H25ClFN5O2.C5H10O2/c24-18-8-14(3-4-19(18)25)30-23-17-9-21(29-15-2-1-6-26-11-15)22(10-20(17)27-13-28-23)32-16-5-7-31-12-16;1-5(2,3)4(6)7/h3-4,8-10,13,15-16,26,29H,1-2,5-7,11-12H2,(H,27,28,30);1-3H3,(H,6,7)/t15?,16-;/m0./s1. The molecule has 11 heteroatoms. The third-order valence-electron chi connectivity index (χ3n) is 6.40. The second-order valence-corrected chi connectivity index (χ2v) is 11.1. The molecule has 2 saturated heterocycles. The molecule has 9 nitrogen and oxygen atoms in total. The summed E-state index contributed by atoms with van der Waals surface area (Å²) in [6.07, 6.45) is 4.60. The van der Waals surface area contributed by atoms with E-state index in [1.54, 1.807) is 26.8 Å². The van der Waals surface area contributed by atoms with Crippen LogP contribution in [0.25, 0.3) is 10.9 Å². The molecule has 0 saturated carbocycles. The maximum Gasteiger partial charge on any atom is 0.308 e. The number of carboxylic acids is 1. The number of aliphatic carboxylic acids is 1. The van der Waals surface area contributed by atoms with Crippen LogP contribution in [0.1, 0.15) is 40.0 Å². The van der Waals surface area contributed by atoms with Crippen LogP contribution in [0.3, 0.4) is 0 Å². The maximum absolute atomic E-state index is 13.6. The van der Waals surface area contributed by atoms with Crippen LogP contribution in [0.15, 0.2) is 36.7 Å². The zero-order valence-corrected chi connectivity index (χ0v) is 23.1. The van der Waals surface area contributed by atoms with Crippen LogP contribution in [0.4, 0.5) is 21.6 Å². The molecule has 1 unspecified atom stereocenters. The van der Waals surface area contributed by atoms with Crippen LogP contribution in [0, 0.1) is 11.2 Å². The number of halogens is 2. The summed E-state index contributed by atoms with van der Waals surface area (Å²) < 4.78 is 25.3. The molecule has 0 aliphatic carbocycles. The number of carboxylic acid groups (broad SMARTS) is 1. The number of aromatic nitrogens is 2. The Kier molecular flexibility index (Phi) is 9.42. The quantitative estimate of drug-likeness (QED) is 0.305. The van der Waals surface area contributed by atoms with Crippen molar-refractivity contribution in [1.29, 1.82) is 0 Å². The van der Waals surface area contributed by atoms with Crippen molar-refractivity contribution < 1.29 is 23.8 Å². The molecule has 0 spiro atoms. The normalized spacial score (nSPS) is 19.2. The van der Waals surface area contributed by atoms with Gasteiger partial charge < -0.3 is 30.5 Å². The van der Waals surface area contributed by atoms with Crippen molar-refractivity contribution in [2.75, 3.05) is 36.9 Å². The van der Waals surface area contributed by atoms with E-state index in [4.69, 9.17) is 26.2 Å². The summed E-state index contributed by atoms with van der Waals surface area (Å²) in [5, 5.41) is 19.4. The summed E-state index contributed by atoms with van der Waals surface area (Å²) in [6, 6.07) is 8.75. The number of ether oxygens (including phenoxy) is 2. The Balaban J connectivity index is 0.000000448. The Morgan fingerprint density at radius 3 is 2.67 bits per heavy atom. The SMILES string of the molecule is CC(C)(C)C(=O)O.Fc1ccc(Nc2ncnc3cc(O[C@H]4CCOC4)c(NC4CCCNC4)cc23)cc1Cl. The van der Waals surface area contributed by atoms with Crippen molar-refractivity contribution >= 4 is 45.7 Å². The van der Waals surface area contributed by atoms with Gasteiger partial charge in [0, 0.05) is 36.1 Å². The molecule has 3 heterocycles. The van der Waals surface area contributed by atoms with Gasteiger partial charge >= 0.3 is 5.97 Å². The van der Waals surface area contributed by atoms with E-state index in [-0.39, 0.29) is 11.1 Å². The van der Waals surface area contributed by atoms with E-state index < -0.39 is 17.2 Å². The lowest BCUT2D eigenvalue weighted by molar-refractivity contribution is -0.145. The van der Waals surface area contributed by atoms with Crippen molar-refractivity contribution in [2.24, 2.45) is 5.41 Å². The van der Waals surface area contributed by atoms with Crippen molar-refractivity contribution in [1.82, 2.24) is 15.3 Å². The second kappa shape index (κ2) is 12.8. The van der Waals surface area contributed by atoms with Gasteiger partial charge in [-0.2, -0.15) is 0 Å². The average molecular weight is 560 g/mol. The third-order valence-corrected chi connectivity index (χ3v) is 6.69. The van der Waals surface area contributed by atoms with Gasteiger partial charge in [-0.3, -0.25) is 4.79 Å². The number of rotatable bonds is 6. The lowest BCUT2D eigenvalue weighted by Crippen LogP contribution is -2.38. The molecular weight excluding hydrogens is 525 g/mol.